The van der Waals surface area contributed by atoms with Crippen LogP contribution in [0.15, 0.2) is 5.11 Å². The number of hydrogen-bond donors (Lipinski definition) is 3. The lowest BCUT2D eigenvalue weighted by atomic mass is 9.92. The third kappa shape index (κ3) is 8.70. The van der Waals surface area contributed by atoms with E-state index in [1.807, 2.05) is 0 Å². The van der Waals surface area contributed by atoms with Gasteiger partial charge in [-0.25, -0.2) is 0 Å². The summed E-state index contributed by atoms with van der Waals surface area (Å²) in [4.78, 5) is 2.55. The Kier molecular flexibility index (Phi) is 11.5. The summed E-state index contributed by atoms with van der Waals surface area (Å²) < 4.78 is 20.2. The van der Waals surface area contributed by atoms with Gasteiger partial charge in [-0.05, 0) is 5.53 Å². The maximum atomic E-state index is 8.70. The summed E-state index contributed by atoms with van der Waals surface area (Å²) in [6.07, 6.45) is 0. The first-order valence-corrected chi connectivity index (χ1v) is 5.48. The number of aliphatic hydroxyl groups is 2. The summed E-state index contributed by atoms with van der Waals surface area (Å²) in [7, 11) is 0. The summed E-state index contributed by atoms with van der Waals surface area (Å²) in [6.45, 7) is -0.736. The summed E-state index contributed by atoms with van der Waals surface area (Å²) in [5, 5.41) is 20.6. The highest BCUT2D eigenvalue weighted by Crippen LogP contribution is 2.20. The fraction of sp³-hybridized carbons (Fsp3) is 1.00. The van der Waals surface area contributed by atoms with Crippen LogP contribution in [-0.2, 0) is 18.9 Å². The van der Waals surface area contributed by atoms with Gasteiger partial charge in [-0.2, -0.15) is 0 Å². The van der Waals surface area contributed by atoms with Gasteiger partial charge in [0.2, 0.25) is 0 Å². The Labute approximate surface area is 110 Å². The van der Waals surface area contributed by atoms with Crippen molar-refractivity contribution in [2.45, 2.75) is 0 Å². The molecule has 0 unspecified atom stereocenters. The molecule has 0 aliphatic carbocycles. The van der Waals surface area contributed by atoms with Crippen molar-refractivity contribution in [3.8, 4) is 0 Å². The predicted molar refractivity (Wildman–Crippen MR) is 63.5 cm³/mol. The fourth-order valence-electron chi connectivity index (χ4n) is 1.38. The Morgan fingerprint density at radius 1 is 1.00 bits per heavy atom. The van der Waals surface area contributed by atoms with E-state index in [9.17, 15) is 0 Å². The Morgan fingerprint density at radius 2 is 1.53 bits per heavy atom. The van der Waals surface area contributed by atoms with Gasteiger partial charge in [-0.15, -0.1) is 0 Å². The molecule has 112 valence electrons. The zero-order valence-corrected chi connectivity index (χ0v) is 10.6. The molecule has 0 saturated heterocycles. The van der Waals surface area contributed by atoms with Crippen molar-refractivity contribution in [1.29, 1.82) is 0 Å². The van der Waals surface area contributed by atoms with E-state index >= 15 is 0 Å². The highest BCUT2D eigenvalue weighted by molar-refractivity contribution is 4.79. The molecule has 0 amide bonds. The number of nitrogens with zero attached hydrogens (tertiary/aromatic N) is 3. The maximum absolute atomic E-state index is 8.70. The smallest absolute Gasteiger partial charge is 0.143 e. The molecule has 0 radical (unpaired) electrons. The second-order valence-corrected chi connectivity index (χ2v) is 3.68. The molecule has 0 aromatic rings. The zero-order chi connectivity index (χ0) is 14.4. The van der Waals surface area contributed by atoms with Crippen molar-refractivity contribution in [3.63, 3.8) is 0 Å². The van der Waals surface area contributed by atoms with Crippen LogP contribution in [0.25, 0.3) is 10.4 Å². The Balaban J connectivity index is 4.50. The third-order valence-electron chi connectivity index (χ3n) is 2.15. The third-order valence-corrected chi connectivity index (χ3v) is 2.15. The highest BCUT2D eigenvalue weighted by Gasteiger charge is 2.32. The minimum Gasteiger partial charge on any atom is -0.375 e. The van der Waals surface area contributed by atoms with E-state index in [2.05, 4.69) is 10.0 Å². The first-order valence-electron chi connectivity index (χ1n) is 5.48. The largest absolute Gasteiger partial charge is 0.375 e. The van der Waals surface area contributed by atoms with Gasteiger partial charge in [-0.1, -0.05) is 5.11 Å². The van der Waals surface area contributed by atoms with Gasteiger partial charge < -0.3 is 34.9 Å². The second-order valence-electron chi connectivity index (χ2n) is 3.68. The molecule has 0 aromatic heterocycles. The number of hydrogen-bond acceptors (Lipinski definition) is 8. The average molecular weight is 280 g/mol. The van der Waals surface area contributed by atoms with Crippen molar-refractivity contribution >= 4 is 0 Å². The first kappa shape index (κ1) is 18.0. The van der Waals surface area contributed by atoms with E-state index in [1.54, 1.807) is 0 Å². The quantitative estimate of drug-likeness (QED) is 0.130. The molecule has 10 heteroatoms. The van der Waals surface area contributed by atoms with Gasteiger partial charge in [0.1, 0.15) is 20.3 Å². The molecule has 0 fully saturated rings. The molecular formula is C9H20N4O6. The van der Waals surface area contributed by atoms with Crippen LogP contribution < -0.4 is 5.73 Å². The number of aliphatic hydroxyl groups excluding tert-OH is 2. The van der Waals surface area contributed by atoms with Gasteiger partial charge in [0.05, 0.1) is 38.6 Å². The summed E-state index contributed by atoms with van der Waals surface area (Å²) in [5.74, 6) is 0. The number of ether oxygens (including phenoxy) is 4. The van der Waals surface area contributed by atoms with Crippen molar-refractivity contribution < 1.29 is 29.2 Å². The zero-order valence-electron chi connectivity index (χ0n) is 10.6. The molecule has 10 nitrogen and oxygen atoms in total. The highest BCUT2D eigenvalue weighted by atomic mass is 16.6. The Morgan fingerprint density at radius 3 is 2.00 bits per heavy atom. The minimum absolute atomic E-state index is 0.00362. The average Bonchev–Trinajstić information content (AvgIpc) is 2.44. The van der Waals surface area contributed by atoms with E-state index < -0.39 is 19.0 Å². The normalized spacial score (nSPS) is 11.3. The molecule has 19 heavy (non-hydrogen) atoms. The molecule has 0 bridgehead atoms. The molecule has 0 aromatic carbocycles. The topological polar surface area (TPSA) is 152 Å². The van der Waals surface area contributed by atoms with Crippen LogP contribution in [0.3, 0.4) is 0 Å². The van der Waals surface area contributed by atoms with E-state index in [1.165, 1.54) is 0 Å². The van der Waals surface area contributed by atoms with E-state index in [-0.39, 0.29) is 39.9 Å². The Hall–Kier alpha value is -0.970. The lowest BCUT2D eigenvalue weighted by Crippen LogP contribution is -2.42. The first-order chi connectivity index (χ1) is 9.24. The van der Waals surface area contributed by atoms with Crippen molar-refractivity contribution in [1.82, 2.24) is 0 Å². The molecule has 0 aliphatic heterocycles. The van der Waals surface area contributed by atoms with Crippen LogP contribution in [0.5, 0.6) is 0 Å². The molecule has 4 N–H and O–H groups in total. The van der Waals surface area contributed by atoms with Crippen LogP contribution in [-0.4, -0.2) is 63.7 Å². The maximum Gasteiger partial charge on any atom is 0.143 e. The van der Waals surface area contributed by atoms with Crippen LogP contribution in [0.1, 0.15) is 0 Å². The van der Waals surface area contributed by atoms with E-state index in [4.69, 9.17) is 40.4 Å². The molecule has 0 atom stereocenters. The van der Waals surface area contributed by atoms with Crippen LogP contribution in [0, 0.1) is 5.41 Å². The second kappa shape index (κ2) is 12.1. The number of azide groups is 1. The standard InChI is InChI=1S/C9H20N4O6/c10-5-16-1-9(3-18-7-14,4-19-8-15)2-17-6-12-13-11/h14-15H,1-8,10H2. The SMILES string of the molecule is [N-]=[N+]=NCOCC(COCN)(COCO)COCO. The molecule has 0 saturated carbocycles. The summed E-state index contributed by atoms with van der Waals surface area (Å²) in [6, 6.07) is 0. The van der Waals surface area contributed by atoms with Crippen LogP contribution in [0.4, 0.5) is 0 Å². The molecular weight excluding hydrogens is 260 g/mol. The van der Waals surface area contributed by atoms with Gasteiger partial charge in [0.25, 0.3) is 0 Å². The summed E-state index contributed by atoms with van der Waals surface area (Å²) >= 11 is 0. The lowest BCUT2D eigenvalue weighted by molar-refractivity contribution is -0.141. The number of rotatable bonds is 13. The van der Waals surface area contributed by atoms with Crippen LogP contribution >= 0.6 is 0 Å². The van der Waals surface area contributed by atoms with Gasteiger partial charge in [0.15, 0.2) is 0 Å². The van der Waals surface area contributed by atoms with Crippen molar-refractivity contribution in [3.05, 3.63) is 10.4 Å². The molecule has 0 heterocycles. The van der Waals surface area contributed by atoms with Gasteiger partial charge in [-0.3, -0.25) is 0 Å². The molecule has 0 spiro atoms. The van der Waals surface area contributed by atoms with Gasteiger partial charge >= 0.3 is 0 Å². The van der Waals surface area contributed by atoms with E-state index in [0.717, 1.165) is 0 Å². The van der Waals surface area contributed by atoms with E-state index in [0.29, 0.717) is 0 Å². The Bertz CT molecular complexity index is 239. The summed E-state index contributed by atoms with van der Waals surface area (Å²) in [5.41, 5.74) is 12.6. The van der Waals surface area contributed by atoms with Crippen molar-refractivity contribution in [2.24, 2.45) is 16.3 Å². The lowest BCUT2D eigenvalue weighted by Gasteiger charge is -2.31. The fourth-order valence-corrected chi connectivity index (χ4v) is 1.38. The molecule has 0 rings (SSSR count). The van der Waals surface area contributed by atoms with Gasteiger partial charge in [0, 0.05) is 4.91 Å². The minimum atomic E-state index is -0.768. The predicted octanol–water partition coefficient (Wildman–Crippen LogP) is -0.877. The van der Waals surface area contributed by atoms with Crippen molar-refractivity contribution in [2.75, 3.05) is 53.5 Å². The monoisotopic (exact) mass is 280 g/mol. The molecule has 0 aliphatic rings. The van der Waals surface area contributed by atoms with Crippen LogP contribution in [0.2, 0.25) is 0 Å². The number of nitrogens with two attached hydrogens (primary N) is 1.